The number of carbonyl (C=O) groups is 2. The normalized spacial score (nSPS) is 27.7. The number of amides is 2. The number of rotatable bonds is 7. The fourth-order valence-corrected chi connectivity index (χ4v) is 9.15. The number of benzene rings is 3. The number of fused-ring (bicyclic) bond motifs is 4. The highest BCUT2D eigenvalue weighted by atomic mass is 16.5. The standard InChI is InChI=1S/C39H41N7O4/c1-45(39(48)49)35(20-8-10-50-11-9-20)38(47)46-33-17-27(33)18-34(46)37-40-19-32(44-37)25-5-4-21-12-22(2-3-23(21)13-25)24-6-7-28-30(14-24)43-36(42-28)31-16-26-15-29(26)41-31/h2-7,12-14,19-20,26-27,29,31,33-35,41H,8-11,15-18H2,1H3,(H,40,44)(H,42,43)(H,48,49)/t26-,27+,29+,31-,33+,34-,35-/m0/s1. The highest BCUT2D eigenvalue weighted by molar-refractivity contribution is 5.92. The fraction of sp³-hybridized carbons (Fsp3) is 0.436. The van der Waals surface area contributed by atoms with E-state index in [4.69, 9.17) is 14.7 Å². The minimum absolute atomic E-state index is 0.0631. The second kappa shape index (κ2) is 11.4. The van der Waals surface area contributed by atoms with E-state index in [1.807, 2.05) is 11.1 Å². The predicted molar refractivity (Wildman–Crippen MR) is 188 cm³/mol. The molecule has 3 saturated heterocycles. The molecular formula is C39H41N7O4. The van der Waals surface area contributed by atoms with Crippen molar-refractivity contribution in [2.45, 2.75) is 68.7 Å². The number of carbonyl (C=O) groups excluding carboxylic acids is 1. The van der Waals surface area contributed by atoms with E-state index >= 15 is 0 Å². The first-order valence-electron chi connectivity index (χ1n) is 18.1. The van der Waals surface area contributed by atoms with Gasteiger partial charge in [0.05, 0.1) is 28.8 Å². The second-order valence-electron chi connectivity index (χ2n) is 15.2. The maximum Gasteiger partial charge on any atom is 0.407 e. The lowest BCUT2D eigenvalue weighted by Gasteiger charge is -2.38. The van der Waals surface area contributed by atoms with E-state index in [9.17, 15) is 14.7 Å². The van der Waals surface area contributed by atoms with Crippen LogP contribution in [0.5, 0.6) is 0 Å². The molecule has 5 fully saturated rings. The Morgan fingerprint density at radius 2 is 1.66 bits per heavy atom. The van der Waals surface area contributed by atoms with E-state index in [0.717, 1.165) is 74.6 Å². The largest absolute Gasteiger partial charge is 0.465 e. The predicted octanol–water partition coefficient (Wildman–Crippen LogP) is 6.26. The Kier molecular flexibility index (Phi) is 6.86. The molecule has 3 aromatic carbocycles. The summed E-state index contributed by atoms with van der Waals surface area (Å²) in [4.78, 5) is 46.4. The van der Waals surface area contributed by atoms with E-state index in [-0.39, 0.29) is 23.9 Å². The van der Waals surface area contributed by atoms with Crippen molar-refractivity contribution in [2.75, 3.05) is 20.3 Å². The summed E-state index contributed by atoms with van der Waals surface area (Å²) in [6.45, 7) is 1.10. The SMILES string of the molecule is CN(C(=O)O)[C@H](C(=O)N1[C@@H]2C[C@@H]2C[C@H]1c1nc(-c2ccc3cc(-c4ccc5nc([C@@H]6C[C@@H]7C[C@H]7N6)[nH]c5c4)ccc3c2)c[nH]1)C1CCOCC1. The highest BCUT2D eigenvalue weighted by Gasteiger charge is 2.57. The van der Waals surface area contributed by atoms with E-state index in [1.165, 1.54) is 24.8 Å². The zero-order valence-electron chi connectivity index (χ0n) is 28.0. The number of imidazole rings is 2. The molecule has 5 aromatic rings. The van der Waals surface area contributed by atoms with Gasteiger partial charge in [0.2, 0.25) is 5.91 Å². The molecule has 50 heavy (non-hydrogen) atoms. The summed E-state index contributed by atoms with van der Waals surface area (Å²) < 4.78 is 5.53. The monoisotopic (exact) mass is 671 g/mol. The van der Waals surface area contributed by atoms with Gasteiger partial charge in [0.25, 0.3) is 0 Å². The quantitative estimate of drug-likeness (QED) is 0.160. The maximum atomic E-state index is 14.2. The van der Waals surface area contributed by atoms with Crippen molar-refractivity contribution in [1.29, 1.82) is 0 Å². The molecule has 2 amide bonds. The van der Waals surface area contributed by atoms with Gasteiger partial charge in [-0.15, -0.1) is 0 Å². The third-order valence-corrected chi connectivity index (χ3v) is 12.1. The molecule has 0 unspecified atom stereocenters. The Morgan fingerprint density at radius 3 is 2.44 bits per heavy atom. The average molecular weight is 672 g/mol. The number of nitrogens with zero attached hydrogens (tertiary/aromatic N) is 4. The fourth-order valence-electron chi connectivity index (χ4n) is 9.15. The molecule has 2 aromatic heterocycles. The number of hydrogen-bond acceptors (Lipinski definition) is 6. The van der Waals surface area contributed by atoms with Gasteiger partial charge in [-0.05, 0) is 102 Å². The van der Waals surface area contributed by atoms with Gasteiger partial charge in [-0.1, -0.05) is 30.3 Å². The Morgan fingerprint density at radius 1 is 0.900 bits per heavy atom. The number of carboxylic acid groups (broad SMARTS) is 1. The highest BCUT2D eigenvalue weighted by Crippen LogP contribution is 2.54. The summed E-state index contributed by atoms with van der Waals surface area (Å²) in [5.41, 5.74) is 6.21. The van der Waals surface area contributed by atoms with Gasteiger partial charge in [-0.3, -0.25) is 9.69 Å². The van der Waals surface area contributed by atoms with Gasteiger partial charge in [0.15, 0.2) is 0 Å². The van der Waals surface area contributed by atoms with E-state index in [0.29, 0.717) is 44.1 Å². The summed E-state index contributed by atoms with van der Waals surface area (Å²) in [5, 5.41) is 15.9. The molecule has 11 heteroatoms. The topological polar surface area (TPSA) is 139 Å². The van der Waals surface area contributed by atoms with Crippen molar-refractivity contribution >= 4 is 33.8 Å². The zero-order valence-corrected chi connectivity index (χ0v) is 28.0. The lowest BCUT2D eigenvalue weighted by atomic mass is 9.89. The molecule has 3 aliphatic heterocycles. The summed E-state index contributed by atoms with van der Waals surface area (Å²) in [5.74, 6) is 2.90. The molecule has 2 aliphatic carbocycles. The molecule has 0 bridgehead atoms. The van der Waals surface area contributed by atoms with Crippen molar-refractivity contribution in [3.63, 3.8) is 0 Å². The average Bonchev–Trinajstić information content (AvgIpc) is 3.72. The number of aromatic amines is 2. The summed E-state index contributed by atoms with van der Waals surface area (Å²) >= 11 is 0. The minimum atomic E-state index is -1.08. The van der Waals surface area contributed by atoms with Crippen molar-refractivity contribution in [1.82, 2.24) is 35.1 Å². The van der Waals surface area contributed by atoms with E-state index < -0.39 is 12.1 Å². The van der Waals surface area contributed by atoms with Crippen LogP contribution in [0.1, 0.15) is 62.3 Å². The Balaban J connectivity index is 0.888. The van der Waals surface area contributed by atoms with Crippen LogP contribution in [-0.4, -0.2) is 85.2 Å². The molecule has 256 valence electrons. The van der Waals surface area contributed by atoms with Crippen LogP contribution in [0, 0.1) is 17.8 Å². The lowest BCUT2D eigenvalue weighted by Crippen LogP contribution is -2.54. The van der Waals surface area contributed by atoms with Gasteiger partial charge in [-0.2, -0.15) is 0 Å². The van der Waals surface area contributed by atoms with Crippen molar-refractivity contribution in [3.8, 4) is 22.4 Å². The summed E-state index contributed by atoms with van der Waals surface area (Å²) in [7, 11) is 1.52. The van der Waals surface area contributed by atoms with Crippen molar-refractivity contribution in [3.05, 3.63) is 72.4 Å². The number of ether oxygens (including phenoxy) is 1. The molecule has 0 radical (unpaired) electrons. The molecule has 0 spiro atoms. The van der Waals surface area contributed by atoms with Crippen molar-refractivity contribution in [2.24, 2.45) is 17.8 Å². The molecule has 10 rings (SSSR count). The first-order valence-corrected chi connectivity index (χ1v) is 18.1. The number of likely N-dealkylation sites (N-methyl/N-ethyl adjacent to an activating group) is 1. The van der Waals surface area contributed by atoms with E-state index in [1.54, 1.807) is 0 Å². The van der Waals surface area contributed by atoms with Crippen LogP contribution in [-0.2, 0) is 9.53 Å². The number of H-pyrrole nitrogens is 2. The van der Waals surface area contributed by atoms with Crippen molar-refractivity contribution < 1.29 is 19.4 Å². The Labute approximate surface area is 289 Å². The van der Waals surface area contributed by atoms with Crippen LogP contribution in [0.15, 0.2) is 60.8 Å². The van der Waals surface area contributed by atoms with Crippen LogP contribution >= 0.6 is 0 Å². The Bertz CT molecular complexity index is 2140. The molecule has 5 heterocycles. The van der Waals surface area contributed by atoms with Gasteiger partial charge in [0, 0.05) is 44.1 Å². The van der Waals surface area contributed by atoms with Crippen LogP contribution < -0.4 is 5.32 Å². The van der Waals surface area contributed by atoms with Crippen LogP contribution in [0.4, 0.5) is 4.79 Å². The first kappa shape index (κ1) is 30.1. The smallest absolute Gasteiger partial charge is 0.407 e. The van der Waals surface area contributed by atoms with Gasteiger partial charge in [-0.25, -0.2) is 14.8 Å². The molecule has 4 N–H and O–H groups in total. The van der Waals surface area contributed by atoms with Crippen LogP contribution in [0.2, 0.25) is 0 Å². The summed E-state index contributed by atoms with van der Waals surface area (Å²) in [6.07, 6.45) is 6.48. The number of nitrogens with one attached hydrogen (secondary N) is 3. The summed E-state index contributed by atoms with van der Waals surface area (Å²) in [6, 6.07) is 19.7. The minimum Gasteiger partial charge on any atom is -0.465 e. The third-order valence-electron chi connectivity index (χ3n) is 12.1. The number of aromatic nitrogens is 4. The Hall–Kier alpha value is -4.74. The van der Waals surface area contributed by atoms with E-state index in [2.05, 4.69) is 69.9 Å². The number of hydrogen-bond donors (Lipinski definition) is 4. The number of likely N-dealkylation sites (tertiary alicyclic amines) is 1. The van der Waals surface area contributed by atoms with Crippen LogP contribution in [0.25, 0.3) is 44.2 Å². The zero-order chi connectivity index (χ0) is 33.7. The number of piperidine rings is 2. The van der Waals surface area contributed by atoms with Gasteiger partial charge >= 0.3 is 6.09 Å². The second-order valence-corrected chi connectivity index (χ2v) is 15.2. The maximum absolute atomic E-state index is 14.2. The third kappa shape index (κ3) is 5.09. The van der Waals surface area contributed by atoms with Gasteiger partial charge in [0.1, 0.15) is 17.7 Å². The lowest BCUT2D eigenvalue weighted by molar-refractivity contribution is -0.141. The molecule has 11 nitrogen and oxygen atoms in total. The molecular weight excluding hydrogens is 630 g/mol. The van der Waals surface area contributed by atoms with Gasteiger partial charge < -0.3 is 30.0 Å². The molecule has 2 saturated carbocycles. The molecule has 7 atom stereocenters. The first-order chi connectivity index (χ1) is 24.4. The van der Waals surface area contributed by atoms with Crippen LogP contribution in [0.3, 0.4) is 0 Å². The molecule has 5 aliphatic rings.